The number of carboxylic acids is 1. The smallest absolute Gasteiger partial charge is 0.303 e. The van der Waals surface area contributed by atoms with Crippen LogP contribution < -0.4 is 16.0 Å². The zero-order chi connectivity index (χ0) is 26.3. The van der Waals surface area contributed by atoms with Gasteiger partial charge in [0, 0.05) is 19.4 Å². The molecule has 36 heavy (non-hydrogen) atoms. The molecule has 0 aromatic heterocycles. The molecule has 10 nitrogen and oxygen atoms in total. The zero-order valence-electron chi connectivity index (χ0n) is 20.9. The number of carbonyl (C=O) groups is 5. The zero-order valence-corrected chi connectivity index (χ0v) is 20.9. The van der Waals surface area contributed by atoms with Crippen molar-refractivity contribution in [2.24, 2.45) is 0 Å². The molecule has 0 aliphatic carbocycles. The second-order valence-electron chi connectivity index (χ2n) is 10.1. The maximum Gasteiger partial charge on any atom is 0.303 e. The molecule has 2 aliphatic rings. The highest BCUT2D eigenvalue weighted by molar-refractivity contribution is 5.99. The number of hydrogen-bond donors (Lipinski definition) is 4. The van der Waals surface area contributed by atoms with E-state index >= 15 is 0 Å². The van der Waals surface area contributed by atoms with Gasteiger partial charge in [0.05, 0.1) is 0 Å². The summed E-state index contributed by atoms with van der Waals surface area (Å²) in [7, 11) is 0. The van der Waals surface area contributed by atoms with Crippen LogP contribution in [0.25, 0.3) is 0 Å². The van der Waals surface area contributed by atoms with Crippen molar-refractivity contribution in [3.8, 4) is 0 Å². The van der Waals surface area contributed by atoms with E-state index in [2.05, 4.69) is 16.0 Å². The molecule has 3 rings (SSSR count). The summed E-state index contributed by atoms with van der Waals surface area (Å²) in [5.74, 6) is -2.57. The lowest BCUT2D eigenvalue weighted by Gasteiger charge is -2.34. The molecule has 3 atom stereocenters. The van der Waals surface area contributed by atoms with E-state index in [9.17, 15) is 24.0 Å². The largest absolute Gasteiger partial charge is 0.481 e. The van der Waals surface area contributed by atoms with Crippen molar-refractivity contribution in [3.63, 3.8) is 0 Å². The Morgan fingerprint density at radius 3 is 2.42 bits per heavy atom. The van der Waals surface area contributed by atoms with Gasteiger partial charge in [0.1, 0.15) is 23.7 Å². The fourth-order valence-corrected chi connectivity index (χ4v) is 4.68. The first-order valence-electron chi connectivity index (χ1n) is 12.6. The van der Waals surface area contributed by atoms with Crippen molar-refractivity contribution < 1.29 is 29.1 Å². The van der Waals surface area contributed by atoms with Crippen molar-refractivity contribution in [2.75, 3.05) is 6.54 Å². The number of rotatable bonds is 8. The minimum absolute atomic E-state index is 0.0414. The highest BCUT2D eigenvalue weighted by Gasteiger charge is 2.42. The van der Waals surface area contributed by atoms with Crippen LogP contribution in [0.1, 0.15) is 64.4 Å². The number of fused-ring (bicyclic) bond motifs is 1. The number of benzene rings is 1. The number of nitrogens with zero attached hydrogens (tertiary/aromatic N) is 1. The van der Waals surface area contributed by atoms with Crippen molar-refractivity contribution in [3.05, 3.63) is 35.9 Å². The molecule has 0 saturated carbocycles. The van der Waals surface area contributed by atoms with E-state index in [1.54, 1.807) is 13.8 Å². The van der Waals surface area contributed by atoms with Crippen LogP contribution in [0.15, 0.2) is 30.3 Å². The number of hydrogen-bond acceptors (Lipinski definition) is 5. The van der Waals surface area contributed by atoms with Gasteiger partial charge in [-0.05, 0) is 45.1 Å². The first-order chi connectivity index (χ1) is 17.1. The highest BCUT2D eigenvalue weighted by Crippen LogP contribution is 2.21. The van der Waals surface area contributed by atoms with Gasteiger partial charge in [-0.3, -0.25) is 24.0 Å². The molecule has 2 aliphatic heterocycles. The fraction of sp³-hybridized carbons (Fsp3) is 0.577. The summed E-state index contributed by atoms with van der Waals surface area (Å²) >= 11 is 0. The van der Waals surface area contributed by atoms with E-state index in [1.165, 1.54) is 4.90 Å². The maximum absolute atomic E-state index is 13.6. The van der Waals surface area contributed by atoms with Gasteiger partial charge >= 0.3 is 5.97 Å². The summed E-state index contributed by atoms with van der Waals surface area (Å²) in [6.45, 7) is 3.51. The lowest BCUT2D eigenvalue weighted by Crippen LogP contribution is -2.64. The molecule has 196 valence electrons. The molecular weight excluding hydrogens is 464 g/mol. The lowest BCUT2D eigenvalue weighted by molar-refractivity contribution is -0.144. The number of aliphatic carboxylic acids is 1. The van der Waals surface area contributed by atoms with E-state index in [0.717, 1.165) is 5.56 Å². The Morgan fingerprint density at radius 1 is 1.00 bits per heavy atom. The number of amides is 4. The van der Waals surface area contributed by atoms with Gasteiger partial charge in [-0.15, -0.1) is 0 Å². The van der Waals surface area contributed by atoms with E-state index in [-0.39, 0.29) is 18.7 Å². The van der Waals surface area contributed by atoms with E-state index in [1.807, 2.05) is 30.3 Å². The molecule has 1 aromatic rings. The van der Waals surface area contributed by atoms with Crippen molar-refractivity contribution in [1.82, 2.24) is 20.9 Å². The number of carbonyl (C=O) groups excluding carboxylic acids is 4. The molecule has 2 fully saturated rings. The molecule has 0 bridgehead atoms. The first kappa shape index (κ1) is 27.2. The first-order valence-corrected chi connectivity index (χ1v) is 12.6. The number of unbranched alkanes of at least 4 members (excludes halogenated alkanes) is 2. The van der Waals surface area contributed by atoms with Crippen LogP contribution in [0.4, 0.5) is 0 Å². The summed E-state index contributed by atoms with van der Waals surface area (Å²) in [6, 6.07) is 6.83. The van der Waals surface area contributed by atoms with Gasteiger partial charge in [-0.1, -0.05) is 43.2 Å². The molecule has 1 aromatic carbocycles. The summed E-state index contributed by atoms with van der Waals surface area (Å²) in [5.41, 5.74) is -0.462. The van der Waals surface area contributed by atoms with Crippen LogP contribution in [-0.2, 0) is 30.4 Å². The molecule has 0 spiro atoms. The lowest BCUT2D eigenvalue weighted by atomic mass is 9.98. The van der Waals surface area contributed by atoms with Crippen LogP contribution >= 0.6 is 0 Å². The van der Waals surface area contributed by atoms with Gasteiger partial charge in [-0.25, -0.2) is 0 Å². The Labute approximate surface area is 211 Å². The molecule has 4 amide bonds. The van der Waals surface area contributed by atoms with Crippen LogP contribution in [-0.4, -0.2) is 69.8 Å². The van der Waals surface area contributed by atoms with E-state index in [4.69, 9.17) is 5.11 Å². The average molecular weight is 501 g/mol. The Balaban J connectivity index is 1.83. The Kier molecular flexibility index (Phi) is 9.06. The second kappa shape index (κ2) is 12.0. The molecular formula is C26H36N4O6. The molecule has 2 heterocycles. The third kappa shape index (κ3) is 7.05. The van der Waals surface area contributed by atoms with Crippen molar-refractivity contribution >= 4 is 29.6 Å². The minimum atomic E-state index is -1.33. The summed E-state index contributed by atoms with van der Waals surface area (Å²) in [6.07, 6.45) is 3.32. The Morgan fingerprint density at radius 2 is 1.72 bits per heavy atom. The normalized spacial score (nSPS) is 24.6. The van der Waals surface area contributed by atoms with Crippen molar-refractivity contribution in [1.29, 1.82) is 0 Å². The van der Waals surface area contributed by atoms with Crippen LogP contribution in [0.3, 0.4) is 0 Å². The van der Waals surface area contributed by atoms with Gasteiger partial charge in [0.25, 0.3) is 0 Å². The van der Waals surface area contributed by atoms with E-state index in [0.29, 0.717) is 45.1 Å². The number of nitrogens with one attached hydrogen (secondary N) is 3. The summed E-state index contributed by atoms with van der Waals surface area (Å²) < 4.78 is 0. The molecule has 1 unspecified atom stereocenters. The third-order valence-corrected chi connectivity index (χ3v) is 6.74. The summed E-state index contributed by atoms with van der Waals surface area (Å²) in [4.78, 5) is 65.5. The topological polar surface area (TPSA) is 145 Å². The Hall–Kier alpha value is -3.43. The van der Waals surface area contributed by atoms with Crippen LogP contribution in [0.5, 0.6) is 0 Å². The third-order valence-electron chi connectivity index (χ3n) is 6.74. The molecule has 2 saturated heterocycles. The molecule has 10 heteroatoms. The van der Waals surface area contributed by atoms with Gasteiger partial charge in [0.15, 0.2) is 0 Å². The molecule has 4 N–H and O–H groups in total. The maximum atomic E-state index is 13.6. The van der Waals surface area contributed by atoms with Gasteiger partial charge in [0.2, 0.25) is 23.6 Å². The highest BCUT2D eigenvalue weighted by atomic mass is 16.4. The van der Waals surface area contributed by atoms with Crippen LogP contribution in [0, 0.1) is 0 Å². The number of carboxylic acid groups (broad SMARTS) is 1. The second-order valence-corrected chi connectivity index (χ2v) is 10.1. The standard InChI is InChI=1S/C26H36N4O6/c1-26(2)25(36)28-19(16-17-10-5-3-6-11-17)24(35)30-15-9-13-20(30)23(34)27-18(22(33)29-26)12-7-4-8-14-21(31)32/h3,5-6,10-11,18-20H,4,7-9,12-16H2,1-2H3,(H,27,34)(H,28,36)(H,29,33)(H,31,32)/t18-,19?,20+/m0/s1. The quantitative estimate of drug-likeness (QED) is 0.394. The average Bonchev–Trinajstić information content (AvgIpc) is 3.32. The Bertz CT molecular complexity index is 980. The monoisotopic (exact) mass is 500 g/mol. The summed E-state index contributed by atoms with van der Waals surface area (Å²) in [5, 5.41) is 17.2. The van der Waals surface area contributed by atoms with Crippen LogP contribution in [0.2, 0.25) is 0 Å². The predicted molar refractivity (Wildman–Crippen MR) is 132 cm³/mol. The SMILES string of the molecule is CC1(C)NC(=O)[C@H](CCCCCC(=O)O)NC(=O)[C@H]2CCCN2C(=O)C(Cc2ccccc2)NC1=O. The van der Waals surface area contributed by atoms with E-state index < -0.39 is 47.4 Å². The van der Waals surface area contributed by atoms with Gasteiger partial charge in [-0.2, -0.15) is 0 Å². The minimum Gasteiger partial charge on any atom is -0.481 e. The van der Waals surface area contributed by atoms with Gasteiger partial charge < -0.3 is 26.0 Å². The molecule has 0 radical (unpaired) electrons. The fourth-order valence-electron chi connectivity index (χ4n) is 4.68. The van der Waals surface area contributed by atoms with Crippen molar-refractivity contribution in [2.45, 2.75) is 88.9 Å². The predicted octanol–water partition coefficient (Wildman–Crippen LogP) is 1.13.